The summed E-state index contributed by atoms with van der Waals surface area (Å²) in [4.78, 5) is 4.62. The summed E-state index contributed by atoms with van der Waals surface area (Å²) < 4.78 is 5.97. The molecule has 0 atom stereocenters. The fourth-order valence-corrected chi connectivity index (χ4v) is 2.82. The van der Waals surface area contributed by atoms with Crippen molar-refractivity contribution < 1.29 is 4.74 Å². The van der Waals surface area contributed by atoms with Gasteiger partial charge < -0.3 is 9.64 Å². The maximum Gasteiger partial charge on any atom is 0.123 e. The Balaban J connectivity index is 0.00000220. The summed E-state index contributed by atoms with van der Waals surface area (Å²) in [6.07, 6.45) is 4.03. The van der Waals surface area contributed by atoms with Crippen LogP contribution in [0.15, 0.2) is 18.2 Å². The van der Waals surface area contributed by atoms with Gasteiger partial charge in [0.2, 0.25) is 0 Å². The van der Waals surface area contributed by atoms with E-state index < -0.39 is 0 Å². The molecule has 1 aliphatic heterocycles. The molecule has 6 heteroatoms. The van der Waals surface area contributed by atoms with E-state index in [2.05, 4.69) is 23.9 Å². The molecule has 22 heavy (non-hydrogen) atoms. The lowest BCUT2D eigenvalue weighted by atomic mass is 10.1. The summed E-state index contributed by atoms with van der Waals surface area (Å²) in [5, 5.41) is 0.769. The van der Waals surface area contributed by atoms with Gasteiger partial charge in [-0.1, -0.05) is 18.0 Å². The lowest BCUT2D eigenvalue weighted by molar-refractivity contribution is 0.182. The number of likely N-dealkylation sites (tertiary alicyclic amines) is 1. The van der Waals surface area contributed by atoms with Gasteiger partial charge in [0.1, 0.15) is 12.4 Å². The quantitative estimate of drug-likeness (QED) is 0.750. The van der Waals surface area contributed by atoms with Crippen LogP contribution in [0.5, 0.6) is 5.75 Å². The third-order valence-corrected chi connectivity index (χ3v) is 3.86. The highest BCUT2D eigenvalue weighted by atomic mass is 35.5. The Bertz CT molecular complexity index is 424. The zero-order chi connectivity index (χ0) is 14.4. The summed E-state index contributed by atoms with van der Waals surface area (Å²) in [6, 6.07) is 5.88. The molecule has 0 radical (unpaired) electrons. The molecule has 1 heterocycles. The Morgan fingerprint density at radius 2 is 1.82 bits per heavy atom. The molecule has 0 aliphatic carbocycles. The van der Waals surface area contributed by atoms with Gasteiger partial charge in [-0.2, -0.15) is 0 Å². The molecular formula is C16H27Cl3N2O. The molecule has 0 aromatic heterocycles. The van der Waals surface area contributed by atoms with Crippen molar-refractivity contribution in [2.24, 2.45) is 0 Å². The minimum absolute atomic E-state index is 0. The summed E-state index contributed by atoms with van der Waals surface area (Å²) in [6.45, 7) is 5.05. The van der Waals surface area contributed by atoms with Gasteiger partial charge in [-0.3, -0.25) is 4.90 Å². The number of hydrogen-bond donors (Lipinski definition) is 0. The van der Waals surface area contributed by atoms with Gasteiger partial charge in [0.15, 0.2) is 0 Å². The second-order valence-electron chi connectivity index (χ2n) is 5.74. The Labute approximate surface area is 151 Å². The maximum absolute atomic E-state index is 6.07. The van der Waals surface area contributed by atoms with Crippen molar-refractivity contribution >= 4 is 36.4 Å². The lowest BCUT2D eigenvalue weighted by Gasteiger charge is -2.26. The first-order valence-corrected chi connectivity index (χ1v) is 7.81. The van der Waals surface area contributed by atoms with E-state index in [1.165, 1.54) is 32.4 Å². The monoisotopic (exact) mass is 368 g/mol. The third kappa shape index (κ3) is 7.38. The first kappa shape index (κ1) is 21.8. The molecular weight excluding hydrogens is 343 g/mol. The maximum atomic E-state index is 6.07. The Morgan fingerprint density at radius 3 is 2.45 bits per heavy atom. The van der Waals surface area contributed by atoms with Crippen LogP contribution in [-0.4, -0.2) is 50.1 Å². The average molecular weight is 370 g/mol. The summed E-state index contributed by atoms with van der Waals surface area (Å²) in [5.74, 6) is 0.958. The molecule has 0 N–H and O–H groups in total. The third-order valence-electron chi connectivity index (χ3n) is 3.62. The SMILES string of the molecule is CN(C)Cc1cc(Cl)ccc1OCCN1CCCCC1.Cl.Cl. The fraction of sp³-hybridized carbons (Fsp3) is 0.625. The largest absolute Gasteiger partial charge is 0.492 e. The van der Waals surface area contributed by atoms with Crippen molar-refractivity contribution in [2.75, 3.05) is 40.3 Å². The molecule has 1 aliphatic rings. The number of halogens is 3. The molecule has 1 aromatic carbocycles. The van der Waals surface area contributed by atoms with E-state index in [9.17, 15) is 0 Å². The molecule has 0 bridgehead atoms. The molecule has 2 rings (SSSR count). The molecule has 3 nitrogen and oxygen atoms in total. The fourth-order valence-electron chi connectivity index (χ4n) is 2.62. The number of benzene rings is 1. The highest BCUT2D eigenvalue weighted by molar-refractivity contribution is 6.30. The number of hydrogen-bond acceptors (Lipinski definition) is 3. The zero-order valence-corrected chi connectivity index (χ0v) is 15.8. The Kier molecular flexibility index (Phi) is 11.3. The second kappa shape index (κ2) is 11.4. The van der Waals surface area contributed by atoms with Crippen LogP contribution in [-0.2, 0) is 6.54 Å². The van der Waals surface area contributed by atoms with Crippen molar-refractivity contribution in [3.05, 3.63) is 28.8 Å². The summed E-state index contributed by atoms with van der Waals surface area (Å²) in [7, 11) is 4.11. The van der Waals surface area contributed by atoms with Crippen molar-refractivity contribution in [1.29, 1.82) is 0 Å². The van der Waals surface area contributed by atoms with E-state index in [0.717, 1.165) is 36.0 Å². The highest BCUT2D eigenvalue weighted by Crippen LogP contribution is 2.24. The predicted octanol–water partition coefficient (Wildman–Crippen LogP) is 4.11. The molecule has 1 saturated heterocycles. The summed E-state index contributed by atoms with van der Waals surface area (Å²) in [5.41, 5.74) is 1.15. The van der Waals surface area contributed by atoms with Crippen LogP contribution in [0, 0.1) is 0 Å². The summed E-state index contributed by atoms with van der Waals surface area (Å²) >= 11 is 6.07. The first-order valence-electron chi connectivity index (χ1n) is 7.43. The average Bonchev–Trinajstić information content (AvgIpc) is 2.42. The van der Waals surface area contributed by atoms with Crippen LogP contribution in [0.25, 0.3) is 0 Å². The highest BCUT2D eigenvalue weighted by Gasteiger charge is 2.11. The van der Waals surface area contributed by atoms with Gasteiger partial charge in [-0.25, -0.2) is 0 Å². The minimum Gasteiger partial charge on any atom is -0.492 e. The topological polar surface area (TPSA) is 15.7 Å². The van der Waals surface area contributed by atoms with Crippen LogP contribution >= 0.6 is 36.4 Å². The van der Waals surface area contributed by atoms with E-state index in [1.54, 1.807) is 0 Å². The van der Waals surface area contributed by atoms with E-state index in [1.807, 2.05) is 18.2 Å². The zero-order valence-electron chi connectivity index (χ0n) is 13.4. The Morgan fingerprint density at radius 1 is 1.14 bits per heavy atom. The van der Waals surface area contributed by atoms with E-state index in [0.29, 0.717) is 0 Å². The van der Waals surface area contributed by atoms with Gasteiger partial charge >= 0.3 is 0 Å². The number of rotatable bonds is 6. The van der Waals surface area contributed by atoms with Crippen LogP contribution in [0.2, 0.25) is 5.02 Å². The van der Waals surface area contributed by atoms with Crippen LogP contribution in [0.1, 0.15) is 24.8 Å². The van der Waals surface area contributed by atoms with Crippen LogP contribution in [0.4, 0.5) is 0 Å². The van der Waals surface area contributed by atoms with Gasteiger partial charge in [-0.05, 0) is 58.2 Å². The van der Waals surface area contributed by atoms with Crippen LogP contribution in [0.3, 0.4) is 0 Å². The van der Waals surface area contributed by atoms with Gasteiger partial charge in [-0.15, -0.1) is 24.8 Å². The molecule has 128 valence electrons. The van der Waals surface area contributed by atoms with Crippen LogP contribution < -0.4 is 4.74 Å². The molecule has 0 unspecified atom stereocenters. The molecule has 0 saturated carbocycles. The van der Waals surface area contributed by atoms with Gasteiger partial charge in [0, 0.05) is 23.7 Å². The first-order chi connectivity index (χ1) is 9.65. The van der Waals surface area contributed by atoms with Crippen molar-refractivity contribution in [1.82, 2.24) is 9.80 Å². The lowest BCUT2D eigenvalue weighted by Crippen LogP contribution is -2.33. The number of nitrogens with zero attached hydrogens (tertiary/aromatic N) is 2. The molecule has 1 fully saturated rings. The smallest absolute Gasteiger partial charge is 0.123 e. The molecule has 0 spiro atoms. The van der Waals surface area contributed by atoms with Crippen molar-refractivity contribution in [3.8, 4) is 5.75 Å². The van der Waals surface area contributed by atoms with E-state index >= 15 is 0 Å². The van der Waals surface area contributed by atoms with Gasteiger partial charge in [0.05, 0.1) is 0 Å². The minimum atomic E-state index is 0. The second-order valence-corrected chi connectivity index (χ2v) is 6.18. The van der Waals surface area contributed by atoms with Crippen molar-refractivity contribution in [3.63, 3.8) is 0 Å². The van der Waals surface area contributed by atoms with E-state index in [4.69, 9.17) is 16.3 Å². The predicted molar refractivity (Wildman–Crippen MR) is 99.1 cm³/mol. The normalized spacial score (nSPS) is 15.1. The molecule has 0 amide bonds. The number of ether oxygens (including phenoxy) is 1. The standard InChI is InChI=1S/C16H25ClN2O.2ClH/c1-18(2)13-14-12-15(17)6-7-16(14)20-11-10-19-8-4-3-5-9-19;;/h6-7,12H,3-5,8-11,13H2,1-2H3;2*1H. The Hall–Kier alpha value is -0.190. The van der Waals surface area contributed by atoms with E-state index in [-0.39, 0.29) is 24.8 Å². The van der Waals surface area contributed by atoms with Gasteiger partial charge in [0.25, 0.3) is 0 Å². The number of piperidine rings is 1. The van der Waals surface area contributed by atoms with Crippen molar-refractivity contribution in [2.45, 2.75) is 25.8 Å². The molecule has 1 aromatic rings.